The standard InChI is InChI=1S/C4H5ClN4.C4H3ClN2O/c5-3-1-8-4(9-6)2-7-3;5-3-1-7-4(8)2-6-3/h1-2H,6H2,(H,8,9);1-2H,(H,7,8). The second-order valence-electron chi connectivity index (χ2n) is 2.60. The van der Waals surface area contributed by atoms with Crippen LogP contribution in [0.3, 0.4) is 0 Å². The van der Waals surface area contributed by atoms with E-state index in [0.717, 1.165) is 6.20 Å². The third-order valence-corrected chi connectivity index (χ3v) is 1.81. The lowest BCUT2D eigenvalue weighted by atomic mass is 10.7. The Hall–Kier alpha value is -1.70. The second kappa shape index (κ2) is 6.79. The van der Waals surface area contributed by atoms with E-state index < -0.39 is 0 Å². The van der Waals surface area contributed by atoms with Crippen molar-refractivity contribution in [3.8, 4) is 0 Å². The minimum Gasteiger partial charge on any atom is -0.325 e. The van der Waals surface area contributed by atoms with Gasteiger partial charge in [-0.3, -0.25) is 4.79 Å². The molecule has 0 aliphatic carbocycles. The average molecular weight is 275 g/mol. The molecule has 0 saturated heterocycles. The van der Waals surface area contributed by atoms with Crippen molar-refractivity contribution in [3.05, 3.63) is 45.4 Å². The Bertz CT molecular complexity index is 494. The van der Waals surface area contributed by atoms with Crippen LogP contribution in [0.1, 0.15) is 0 Å². The lowest BCUT2D eigenvalue weighted by molar-refractivity contribution is 1.14. The largest absolute Gasteiger partial charge is 0.325 e. The molecule has 90 valence electrons. The van der Waals surface area contributed by atoms with Gasteiger partial charge in [-0.2, -0.15) is 0 Å². The van der Waals surface area contributed by atoms with Crippen LogP contribution in [-0.2, 0) is 0 Å². The molecule has 0 atom stereocenters. The van der Waals surface area contributed by atoms with Gasteiger partial charge < -0.3 is 10.4 Å². The minimum atomic E-state index is -0.241. The van der Waals surface area contributed by atoms with Gasteiger partial charge in [0.2, 0.25) is 0 Å². The number of H-pyrrole nitrogens is 1. The second-order valence-corrected chi connectivity index (χ2v) is 3.38. The van der Waals surface area contributed by atoms with Crippen LogP contribution < -0.4 is 16.8 Å². The molecule has 9 heteroatoms. The number of rotatable bonds is 1. The Morgan fingerprint density at radius 3 is 2.24 bits per heavy atom. The lowest BCUT2D eigenvalue weighted by Crippen LogP contribution is -2.08. The first-order valence-electron chi connectivity index (χ1n) is 4.26. The predicted molar refractivity (Wildman–Crippen MR) is 64.7 cm³/mol. The molecule has 2 aromatic heterocycles. The van der Waals surface area contributed by atoms with E-state index in [1.54, 1.807) is 0 Å². The summed E-state index contributed by atoms with van der Waals surface area (Å²) >= 11 is 10.8. The summed E-state index contributed by atoms with van der Waals surface area (Å²) in [6, 6.07) is 0. The molecule has 0 aliphatic rings. The molecule has 0 amide bonds. The summed E-state index contributed by atoms with van der Waals surface area (Å²) in [5.41, 5.74) is 2.08. The van der Waals surface area contributed by atoms with Gasteiger partial charge in [0.25, 0.3) is 5.56 Å². The van der Waals surface area contributed by atoms with Crippen molar-refractivity contribution in [2.24, 2.45) is 5.84 Å². The van der Waals surface area contributed by atoms with E-state index in [0.29, 0.717) is 16.1 Å². The Balaban J connectivity index is 0.000000171. The quantitative estimate of drug-likeness (QED) is 0.525. The predicted octanol–water partition coefficient (Wildman–Crippen LogP) is 0.839. The van der Waals surface area contributed by atoms with Crippen LogP contribution in [0.5, 0.6) is 0 Å². The van der Waals surface area contributed by atoms with Crippen molar-refractivity contribution >= 4 is 29.0 Å². The highest BCUT2D eigenvalue weighted by atomic mass is 35.5. The molecule has 0 fully saturated rings. The van der Waals surface area contributed by atoms with Crippen molar-refractivity contribution < 1.29 is 0 Å². The molecule has 4 N–H and O–H groups in total. The van der Waals surface area contributed by atoms with Gasteiger partial charge in [0.05, 0.1) is 18.6 Å². The normalized spacial score (nSPS) is 9.12. The molecule has 0 aromatic carbocycles. The van der Waals surface area contributed by atoms with Gasteiger partial charge in [-0.25, -0.2) is 20.8 Å². The van der Waals surface area contributed by atoms with E-state index in [-0.39, 0.29) is 5.56 Å². The molecule has 0 unspecified atom stereocenters. The van der Waals surface area contributed by atoms with Gasteiger partial charge in [0, 0.05) is 6.20 Å². The Morgan fingerprint density at radius 2 is 1.82 bits per heavy atom. The summed E-state index contributed by atoms with van der Waals surface area (Å²) < 4.78 is 0. The minimum absolute atomic E-state index is 0.241. The summed E-state index contributed by atoms with van der Waals surface area (Å²) in [4.78, 5) is 23.6. The number of aromatic amines is 1. The van der Waals surface area contributed by atoms with Crippen molar-refractivity contribution in [2.75, 3.05) is 5.43 Å². The van der Waals surface area contributed by atoms with E-state index in [1.807, 2.05) is 0 Å². The monoisotopic (exact) mass is 274 g/mol. The smallest absolute Gasteiger partial charge is 0.266 e. The van der Waals surface area contributed by atoms with Gasteiger partial charge in [-0.05, 0) is 0 Å². The van der Waals surface area contributed by atoms with Crippen molar-refractivity contribution in [3.63, 3.8) is 0 Å². The Labute approximate surface area is 106 Å². The van der Waals surface area contributed by atoms with Crippen LogP contribution in [0.15, 0.2) is 29.6 Å². The summed E-state index contributed by atoms with van der Waals surface area (Å²) in [7, 11) is 0. The fourth-order valence-electron chi connectivity index (χ4n) is 0.712. The van der Waals surface area contributed by atoms with Gasteiger partial charge in [0.15, 0.2) is 5.82 Å². The van der Waals surface area contributed by atoms with Gasteiger partial charge in [-0.15, -0.1) is 0 Å². The summed E-state index contributed by atoms with van der Waals surface area (Å²) in [5.74, 6) is 5.50. The average Bonchev–Trinajstić information content (AvgIpc) is 2.35. The molecule has 17 heavy (non-hydrogen) atoms. The first kappa shape index (κ1) is 13.4. The van der Waals surface area contributed by atoms with Crippen molar-refractivity contribution in [1.82, 2.24) is 19.9 Å². The third kappa shape index (κ3) is 5.25. The van der Waals surface area contributed by atoms with Crippen molar-refractivity contribution in [2.45, 2.75) is 0 Å². The third-order valence-electron chi connectivity index (χ3n) is 1.41. The number of halogens is 2. The van der Waals surface area contributed by atoms with E-state index in [9.17, 15) is 4.79 Å². The van der Waals surface area contributed by atoms with E-state index in [2.05, 4.69) is 25.4 Å². The molecule has 2 heterocycles. The van der Waals surface area contributed by atoms with Crippen LogP contribution in [-0.4, -0.2) is 19.9 Å². The number of hydrogen-bond donors (Lipinski definition) is 3. The van der Waals surface area contributed by atoms with Crippen LogP contribution >= 0.6 is 23.2 Å². The van der Waals surface area contributed by atoms with Gasteiger partial charge in [-0.1, -0.05) is 23.2 Å². The van der Waals surface area contributed by atoms with Crippen molar-refractivity contribution in [1.29, 1.82) is 0 Å². The zero-order valence-corrected chi connectivity index (χ0v) is 9.90. The summed E-state index contributed by atoms with van der Waals surface area (Å²) in [5, 5.41) is 0.651. The molecular weight excluding hydrogens is 267 g/mol. The molecule has 2 rings (SSSR count). The van der Waals surface area contributed by atoms with E-state index >= 15 is 0 Å². The zero-order valence-electron chi connectivity index (χ0n) is 8.39. The first-order chi connectivity index (χ1) is 8.11. The fourth-order valence-corrected chi connectivity index (χ4v) is 0.913. The van der Waals surface area contributed by atoms with Crippen LogP contribution in [0, 0.1) is 0 Å². The topological polar surface area (TPSA) is 110 Å². The number of nitrogens with zero attached hydrogens (tertiary/aromatic N) is 3. The molecular formula is C8H8Cl2N6O. The SMILES string of the molecule is NNc1cnc(Cl)cn1.O=c1cnc(Cl)c[nH]1. The maximum Gasteiger partial charge on any atom is 0.266 e. The highest BCUT2D eigenvalue weighted by Crippen LogP contribution is 2.02. The zero-order chi connectivity index (χ0) is 12.7. The highest BCUT2D eigenvalue weighted by molar-refractivity contribution is 6.29. The molecule has 0 bridgehead atoms. The van der Waals surface area contributed by atoms with E-state index in [1.165, 1.54) is 18.6 Å². The molecule has 0 radical (unpaired) electrons. The maximum atomic E-state index is 10.2. The molecule has 0 saturated carbocycles. The van der Waals surface area contributed by atoms with Crippen LogP contribution in [0.25, 0.3) is 0 Å². The Kier molecular flexibility index (Phi) is 5.34. The molecule has 2 aromatic rings. The number of nitrogens with one attached hydrogen (secondary N) is 2. The maximum absolute atomic E-state index is 10.2. The molecule has 7 nitrogen and oxygen atoms in total. The number of nitrogen functional groups attached to an aromatic ring is 1. The number of aromatic nitrogens is 4. The molecule has 0 spiro atoms. The number of nitrogens with two attached hydrogens (primary N) is 1. The highest BCUT2D eigenvalue weighted by Gasteiger charge is 1.88. The van der Waals surface area contributed by atoms with Gasteiger partial charge in [0.1, 0.15) is 10.3 Å². The number of hydrazine groups is 1. The Morgan fingerprint density at radius 1 is 1.12 bits per heavy atom. The number of anilines is 1. The van der Waals surface area contributed by atoms with Crippen LogP contribution in [0.2, 0.25) is 10.3 Å². The first-order valence-corrected chi connectivity index (χ1v) is 5.02. The fraction of sp³-hybridized carbons (Fsp3) is 0. The molecule has 0 aliphatic heterocycles. The van der Waals surface area contributed by atoms with Gasteiger partial charge >= 0.3 is 0 Å². The summed E-state index contributed by atoms with van der Waals surface area (Å²) in [6.07, 6.45) is 5.32. The number of hydrogen-bond acceptors (Lipinski definition) is 6. The lowest BCUT2D eigenvalue weighted by Gasteiger charge is -1.94. The van der Waals surface area contributed by atoms with Crippen LogP contribution in [0.4, 0.5) is 5.82 Å². The van der Waals surface area contributed by atoms with E-state index in [4.69, 9.17) is 29.0 Å². The summed E-state index contributed by atoms with van der Waals surface area (Å²) in [6.45, 7) is 0.